The number of benzene rings is 1. The van der Waals surface area contributed by atoms with Crippen molar-refractivity contribution in [2.45, 2.75) is 12.8 Å². The molecule has 0 spiro atoms. The molecule has 0 saturated heterocycles. The highest BCUT2D eigenvalue weighted by Gasteiger charge is 2.15. The minimum atomic E-state index is -3.36. The van der Waals surface area contributed by atoms with E-state index >= 15 is 0 Å². The molecule has 1 N–H and O–H groups in total. The molecule has 1 aromatic carbocycles. The van der Waals surface area contributed by atoms with E-state index in [1.165, 1.54) is 20.2 Å². The molecule has 0 aliphatic carbocycles. The summed E-state index contributed by atoms with van der Waals surface area (Å²) in [5.74, 6) is -0.894. The van der Waals surface area contributed by atoms with Crippen molar-refractivity contribution in [3.63, 3.8) is 0 Å². The molecule has 1 aromatic rings. The summed E-state index contributed by atoms with van der Waals surface area (Å²) in [6.45, 7) is 0.280. The molecule has 0 aliphatic heterocycles. The standard InChI is InChI=1S/C13H19FN2O3S/c1-16(2)20(18,19)10-8-13(17)15-9-7-11-5-3-4-6-12(11)14/h3-6H,7-10H2,1-2H3,(H,15,17). The summed E-state index contributed by atoms with van der Waals surface area (Å²) in [6, 6.07) is 6.34. The van der Waals surface area contributed by atoms with E-state index < -0.39 is 10.0 Å². The van der Waals surface area contributed by atoms with Gasteiger partial charge in [-0.2, -0.15) is 0 Å². The highest BCUT2D eigenvalue weighted by molar-refractivity contribution is 7.89. The zero-order chi connectivity index (χ0) is 15.2. The molecule has 0 aliphatic rings. The van der Waals surface area contributed by atoms with Crippen LogP contribution in [0.5, 0.6) is 0 Å². The Morgan fingerprint density at radius 3 is 2.55 bits per heavy atom. The number of nitrogens with one attached hydrogen (secondary N) is 1. The van der Waals surface area contributed by atoms with Crippen molar-refractivity contribution in [3.8, 4) is 0 Å². The van der Waals surface area contributed by atoms with Gasteiger partial charge in [0, 0.05) is 27.1 Å². The second kappa shape index (κ2) is 7.35. The third-order valence-corrected chi connectivity index (χ3v) is 4.65. The molecule has 0 unspecified atom stereocenters. The first-order valence-electron chi connectivity index (χ1n) is 6.23. The van der Waals surface area contributed by atoms with Crippen LogP contribution in [0.15, 0.2) is 24.3 Å². The Kier molecular flexibility index (Phi) is 6.09. The normalized spacial score (nSPS) is 11.6. The molecule has 0 saturated carbocycles. The number of carbonyl (C=O) groups is 1. The Morgan fingerprint density at radius 2 is 1.95 bits per heavy atom. The number of hydrogen-bond acceptors (Lipinski definition) is 3. The van der Waals surface area contributed by atoms with Gasteiger partial charge in [0.15, 0.2) is 0 Å². The van der Waals surface area contributed by atoms with E-state index in [1.54, 1.807) is 18.2 Å². The first kappa shape index (κ1) is 16.6. The molecule has 0 radical (unpaired) electrons. The van der Waals surface area contributed by atoms with E-state index in [-0.39, 0.29) is 30.4 Å². The summed E-state index contributed by atoms with van der Waals surface area (Å²) < 4.78 is 37.3. The average Bonchev–Trinajstić information content (AvgIpc) is 2.38. The molecule has 5 nitrogen and oxygen atoms in total. The van der Waals surface area contributed by atoms with Gasteiger partial charge in [-0.1, -0.05) is 18.2 Å². The summed E-state index contributed by atoms with van der Waals surface area (Å²) in [5, 5.41) is 2.58. The van der Waals surface area contributed by atoms with Gasteiger partial charge in [0.05, 0.1) is 5.75 Å². The highest BCUT2D eigenvalue weighted by Crippen LogP contribution is 2.06. The third kappa shape index (κ3) is 5.26. The van der Waals surface area contributed by atoms with E-state index in [1.807, 2.05) is 0 Å². The lowest BCUT2D eigenvalue weighted by molar-refractivity contribution is -0.120. The zero-order valence-corrected chi connectivity index (χ0v) is 12.4. The van der Waals surface area contributed by atoms with Crippen molar-refractivity contribution < 1.29 is 17.6 Å². The van der Waals surface area contributed by atoms with E-state index in [4.69, 9.17) is 0 Å². The lowest BCUT2D eigenvalue weighted by Gasteiger charge is -2.11. The van der Waals surface area contributed by atoms with Crippen LogP contribution in [0.2, 0.25) is 0 Å². The van der Waals surface area contributed by atoms with Crippen LogP contribution in [0.1, 0.15) is 12.0 Å². The molecule has 0 aromatic heterocycles. The number of sulfonamides is 1. The van der Waals surface area contributed by atoms with Gasteiger partial charge in [0.2, 0.25) is 15.9 Å². The topological polar surface area (TPSA) is 66.5 Å². The van der Waals surface area contributed by atoms with Gasteiger partial charge in [-0.25, -0.2) is 17.1 Å². The maximum Gasteiger partial charge on any atom is 0.221 e. The third-order valence-electron chi connectivity index (χ3n) is 2.82. The van der Waals surface area contributed by atoms with Gasteiger partial charge in [-0.05, 0) is 18.1 Å². The van der Waals surface area contributed by atoms with Crippen LogP contribution in [0.4, 0.5) is 4.39 Å². The Hall–Kier alpha value is -1.47. The number of hydrogen-bond donors (Lipinski definition) is 1. The van der Waals surface area contributed by atoms with Gasteiger partial charge in [-0.3, -0.25) is 4.79 Å². The molecule has 1 amide bonds. The van der Waals surface area contributed by atoms with Crippen LogP contribution in [0.25, 0.3) is 0 Å². The average molecular weight is 302 g/mol. The highest BCUT2D eigenvalue weighted by atomic mass is 32.2. The predicted molar refractivity (Wildman–Crippen MR) is 75.2 cm³/mol. The molecule has 0 fully saturated rings. The SMILES string of the molecule is CN(C)S(=O)(=O)CCC(=O)NCCc1ccccc1F. The summed E-state index contributed by atoms with van der Waals surface area (Å²) in [7, 11) is -0.521. The molecule has 0 atom stereocenters. The van der Waals surface area contributed by atoms with Crippen LogP contribution in [-0.4, -0.2) is 45.0 Å². The second-order valence-corrected chi connectivity index (χ2v) is 6.84. The lowest BCUT2D eigenvalue weighted by atomic mass is 10.1. The summed E-state index contributed by atoms with van der Waals surface area (Å²) in [6.07, 6.45) is 0.274. The van der Waals surface area contributed by atoms with Gasteiger partial charge < -0.3 is 5.32 Å². The van der Waals surface area contributed by atoms with Crippen LogP contribution >= 0.6 is 0 Å². The van der Waals surface area contributed by atoms with Crippen LogP contribution < -0.4 is 5.32 Å². The van der Waals surface area contributed by atoms with Crippen molar-refractivity contribution in [1.82, 2.24) is 9.62 Å². The van der Waals surface area contributed by atoms with E-state index in [9.17, 15) is 17.6 Å². The molecule has 1 rings (SSSR count). The lowest BCUT2D eigenvalue weighted by Crippen LogP contribution is -2.31. The maximum absolute atomic E-state index is 13.3. The molecule has 0 heterocycles. The van der Waals surface area contributed by atoms with Crippen LogP contribution in [0, 0.1) is 5.82 Å². The molecule has 0 bridgehead atoms. The molecule has 112 valence electrons. The summed E-state index contributed by atoms with van der Waals surface area (Å²) in [5.41, 5.74) is 0.522. The first-order valence-corrected chi connectivity index (χ1v) is 7.84. The minimum Gasteiger partial charge on any atom is -0.356 e. The number of halogens is 1. The van der Waals surface area contributed by atoms with Crippen molar-refractivity contribution in [1.29, 1.82) is 0 Å². The largest absolute Gasteiger partial charge is 0.356 e. The van der Waals surface area contributed by atoms with Gasteiger partial charge in [0.1, 0.15) is 5.82 Å². The molecule has 7 heteroatoms. The van der Waals surface area contributed by atoms with Crippen LogP contribution in [-0.2, 0) is 21.2 Å². The van der Waals surface area contributed by atoms with E-state index in [0.717, 1.165) is 4.31 Å². The van der Waals surface area contributed by atoms with Crippen LogP contribution in [0.3, 0.4) is 0 Å². The van der Waals surface area contributed by atoms with Crippen molar-refractivity contribution >= 4 is 15.9 Å². The van der Waals surface area contributed by atoms with E-state index in [0.29, 0.717) is 12.0 Å². The summed E-state index contributed by atoms with van der Waals surface area (Å²) in [4.78, 5) is 11.5. The minimum absolute atomic E-state index is 0.0994. The maximum atomic E-state index is 13.3. The quantitative estimate of drug-likeness (QED) is 0.809. The fourth-order valence-electron chi connectivity index (χ4n) is 1.53. The monoisotopic (exact) mass is 302 g/mol. The van der Waals surface area contributed by atoms with Gasteiger partial charge in [-0.15, -0.1) is 0 Å². The van der Waals surface area contributed by atoms with Gasteiger partial charge in [0.25, 0.3) is 0 Å². The molecular formula is C13H19FN2O3S. The van der Waals surface area contributed by atoms with E-state index in [2.05, 4.69) is 5.32 Å². The van der Waals surface area contributed by atoms with Gasteiger partial charge >= 0.3 is 0 Å². The fraction of sp³-hybridized carbons (Fsp3) is 0.462. The number of nitrogens with zero attached hydrogens (tertiary/aromatic N) is 1. The zero-order valence-electron chi connectivity index (χ0n) is 11.6. The Balaban J connectivity index is 2.33. The van der Waals surface area contributed by atoms with Crippen molar-refractivity contribution in [3.05, 3.63) is 35.6 Å². The molecular weight excluding hydrogens is 283 g/mol. The van der Waals surface area contributed by atoms with Crippen molar-refractivity contribution in [2.75, 3.05) is 26.4 Å². The first-order chi connectivity index (χ1) is 9.33. The number of carbonyl (C=O) groups excluding carboxylic acids is 1. The Morgan fingerprint density at radius 1 is 1.30 bits per heavy atom. The number of amides is 1. The van der Waals surface area contributed by atoms with Crippen molar-refractivity contribution in [2.24, 2.45) is 0 Å². The smallest absolute Gasteiger partial charge is 0.221 e. The Bertz CT molecular complexity index is 558. The summed E-state index contributed by atoms with van der Waals surface area (Å²) >= 11 is 0. The second-order valence-electron chi connectivity index (χ2n) is 4.54. The fourth-order valence-corrected chi connectivity index (χ4v) is 2.34. The predicted octanol–water partition coefficient (Wildman–Crippen LogP) is 0.766. The Labute approximate surface area is 118 Å². The number of rotatable bonds is 7. The molecule has 20 heavy (non-hydrogen) atoms.